The predicted octanol–water partition coefficient (Wildman–Crippen LogP) is 2.86. The summed E-state index contributed by atoms with van der Waals surface area (Å²) in [6.45, 7) is 5.01. The van der Waals surface area contributed by atoms with E-state index in [1.165, 1.54) is 0 Å². The molecule has 0 fully saturated rings. The molecule has 1 amide bonds. The van der Waals surface area contributed by atoms with Crippen LogP contribution in [-0.2, 0) is 11.2 Å². The van der Waals surface area contributed by atoms with Crippen LogP contribution in [0.2, 0.25) is 10.0 Å². The summed E-state index contributed by atoms with van der Waals surface area (Å²) in [7, 11) is 3.34. The van der Waals surface area contributed by atoms with E-state index < -0.39 is 5.41 Å². The molecule has 0 unspecified atom stereocenters. The third kappa shape index (κ3) is 6.57. The van der Waals surface area contributed by atoms with Gasteiger partial charge in [-0.2, -0.15) is 0 Å². The van der Waals surface area contributed by atoms with Crippen molar-refractivity contribution in [1.29, 1.82) is 0 Å². The van der Waals surface area contributed by atoms with Crippen LogP contribution in [0.25, 0.3) is 0 Å². The van der Waals surface area contributed by atoms with Crippen LogP contribution in [0.5, 0.6) is 0 Å². The fraction of sp³-hybridized carbons (Fsp3) is 0.529. The third-order valence-corrected chi connectivity index (χ3v) is 4.28. The number of carbonyl (C=O) groups excluding carboxylic acids is 1. The Hall–Kier alpha value is -1.46. The van der Waals surface area contributed by atoms with Crippen LogP contribution in [0.4, 0.5) is 0 Å². The number of rotatable bonds is 7. The van der Waals surface area contributed by atoms with Gasteiger partial charge in [0.2, 0.25) is 5.91 Å². The van der Waals surface area contributed by atoms with E-state index in [-0.39, 0.29) is 5.91 Å². The molecule has 1 rings (SSSR count). The van der Waals surface area contributed by atoms with Gasteiger partial charge in [-0.3, -0.25) is 9.79 Å². The first kappa shape index (κ1) is 20.6. The fourth-order valence-electron chi connectivity index (χ4n) is 2.15. The summed E-state index contributed by atoms with van der Waals surface area (Å²) in [5.74, 6) is 0.664. The molecule has 0 aliphatic carbocycles. The summed E-state index contributed by atoms with van der Waals surface area (Å²) in [6, 6.07) is 5.55. The first-order chi connectivity index (χ1) is 11.3. The van der Waals surface area contributed by atoms with Crippen molar-refractivity contribution in [1.82, 2.24) is 16.0 Å². The maximum atomic E-state index is 11.8. The molecular weight excluding hydrogens is 347 g/mol. The molecule has 0 aliphatic rings. The monoisotopic (exact) mass is 372 g/mol. The van der Waals surface area contributed by atoms with Gasteiger partial charge in [0.15, 0.2) is 5.96 Å². The average molecular weight is 373 g/mol. The molecule has 3 N–H and O–H groups in total. The molecule has 0 bridgehead atoms. The summed E-state index contributed by atoms with van der Waals surface area (Å²) in [6.07, 6.45) is 1.75. The van der Waals surface area contributed by atoms with Crippen LogP contribution in [0.15, 0.2) is 23.2 Å². The fourth-order valence-corrected chi connectivity index (χ4v) is 2.66. The van der Waals surface area contributed by atoms with Crippen molar-refractivity contribution in [2.75, 3.05) is 27.2 Å². The molecule has 0 spiro atoms. The average Bonchev–Trinajstić information content (AvgIpc) is 2.54. The normalized spacial score (nSPS) is 12.0. The lowest BCUT2D eigenvalue weighted by Gasteiger charge is -2.24. The molecule has 5 nitrogen and oxygen atoms in total. The van der Waals surface area contributed by atoms with Crippen LogP contribution in [0, 0.1) is 5.41 Å². The van der Waals surface area contributed by atoms with E-state index in [2.05, 4.69) is 20.9 Å². The number of aryl methyl sites for hydroxylation is 1. The summed E-state index contributed by atoms with van der Waals surface area (Å²) < 4.78 is 0. The summed E-state index contributed by atoms with van der Waals surface area (Å²) in [4.78, 5) is 15.9. The molecule has 0 heterocycles. The Labute approximate surface area is 154 Å². The molecular formula is C17H26Cl2N4O. The zero-order chi connectivity index (χ0) is 18.2. The smallest absolute Gasteiger partial charge is 0.227 e. The second-order valence-corrected chi connectivity index (χ2v) is 7.00. The highest BCUT2D eigenvalue weighted by Crippen LogP contribution is 2.21. The van der Waals surface area contributed by atoms with Crippen molar-refractivity contribution < 1.29 is 4.79 Å². The molecule has 0 saturated heterocycles. The lowest BCUT2D eigenvalue weighted by molar-refractivity contribution is -0.128. The number of nitrogens with one attached hydrogen (secondary N) is 3. The molecule has 0 aliphatic heterocycles. The highest BCUT2D eigenvalue weighted by Gasteiger charge is 2.26. The molecule has 0 atom stereocenters. The number of amides is 1. The minimum absolute atomic E-state index is 0.0113. The summed E-state index contributed by atoms with van der Waals surface area (Å²) in [5, 5.41) is 10.4. The van der Waals surface area contributed by atoms with Gasteiger partial charge in [-0.05, 0) is 44.4 Å². The maximum absolute atomic E-state index is 11.8. The molecule has 7 heteroatoms. The number of hydrogen-bond donors (Lipinski definition) is 3. The highest BCUT2D eigenvalue weighted by molar-refractivity contribution is 6.35. The van der Waals surface area contributed by atoms with Gasteiger partial charge < -0.3 is 16.0 Å². The first-order valence-electron chi connectivity index (χ1n) is 7.91. The van der Waals surface area contributed by atoms with E-state index in [0.29, 0.717) is 22.5 Å². The number of hydrogen-bond acceptors (Lipinski definition) is 2. The second kappa shape index (κ2) is 9.74. The van der Waals surface area contributed by atoms with Crippen LogP contribution in [0.3, 0.4) is 0 Å². The van der Waals surface area contributed by atoms with E-state index in [4.69, 9.17) is 23.2 Å². The van der Waals surface area contributed by atoms with Gasteiger partial charge in [-0.25, -0.2) is 0 Å². The number of guanidine groups is 1. The van der Waals surface area contributed by atoms with Crippen LogP contribution < -0.4 is 16.0 Å². The van der Waals surface area contributed by atoms with E-state index in [9.17, 15) is 4.79 Å². The van der Waals surface area contributed by atoms with Gasteiger partial charge in [-0.1, -0.05) is 29.3 Å². The summed E-state index contributed by atoms with van der Waals surface area (Å²) >= 11 is 12.1. The van der Waals surface area contributed by atoms with Crippen molar-refractivity contribution >= 4 is 35.1 Å². The Morgan fingerprint density at radius 2 is 1.96 bits per heavy atom. The number of aliphatic imine (C=N–C) groups is 1. The lowest BCUT2D eigenvalue weighted by Crippen LogP contribution is -2.47. The minimum atomic E-state index is -0.511. The van der Waals surface area contributed by atoms with Crippen molar-refractivity contribution in [2.45, 2.75) is 26.7 Å². The Bertz CT molecular complexity index is 588. The second-order valence-electron chi connectivity index (χ2n) is 6.15. The van der Waals surface area contributed by atoms with Gasteiger partial charge in [0.25, 0.3) is 0 Å². The SMILES string of the molecule is CN=C(NCCCc1ccc(Cl)cc1Cl)NCC(C)(C)C(=O)NC. The van der Waals surface area contributed by atoms with Gasteiger partial charge in [0.05, 0.1) is 5.41 Å². The molecule has 1 aromatic carbocycles. The molecule has 0 saturated carbocycles. The van der Waals surface area contributed by atoms with Gasteiger partial charge in [0, 0.05) is 37.2 Å². The van der Waals surface area contributed by atoms with E-state index in [1.807, 2.05) is 26.0 Å². The van der Waals surface area contributed by atoms with Crippen molar-refractivity contribution in [3.8, 4) is 0 Å². The zero-order valence-corrected chi connectivity index (χ0v) is 16.2. The van der Waals surface area contributed by atoms with Crippen LogP contribution >= 0.6 is 23.2 Å². The number of halogens is 2. The van der Waals surface area contributed by atoms with Crippen molar-refractivity contribution in [3.63, 3.8) is 0 Å². The van der Waals surface area contributed by atoms with Crippen LogP contribution in [0.1, 0.15) is 25.8 Å². The van der Waals surface area contributed by atoms with Gasteiger partial charge in [-0.15, -0.1) is 0 Å². The maximum Gasteiger partial charge on any atom is 0.227 e. The predicted molar refractivity (Wildman–Crippen MR) is 102 cm³/mol. The largest absolute Gasteiger partial charge is 0.359 e. The quantitative estimate of drug-likeness (QED) is 0.391. The standard InChI is InChI=1S/C17H26Cl2N4O/c1-17(2,15(24)20-3)11-23-16(21-4)22-9-5-6-12-7-8-13(18)10-14(12)19/h7-8,10H,5-6,9,11H2,1-4H3,(H,20,24)(H2,21,22,23). The number of nitrogens with zero attached hydrogens (tertiary/aromatic N) is 1. The topological polar surface area (TPSA) is 65.5 Å². The minimum Gasteiger partial charge on any atom is -0.359 e. The Kier molecular flexibility index (Phi) is 8.36. The van der Waals surface area contributed by atoms with Crippen molar-refractivity contribution in [2.24, 2.45) is 10.4 Å². The Balaban J connectivity index is 2.38. The lowest BCUT2D eigenvalue weighted by atomic mass is 9.92. The highest BCUT2D eigenvalue weighted by atomic mass is 35.5. The molecule has 134 valence electrons. The number of carbonyl (C=O) groups is 1. The van der Waals surface area contributed by atoms with Crippen LogP contribution in [-0.4, -0.2) is 39.1 Å². The Morgan fingerprint density at radius 1 is 1.25 bits per heavy atom. The van der Waals surface area contributed by atoms with Gasteiger partial charge in [0.1, 0.15) is 0 Å². The van der Waals surface area contributed by atoms with Crippen molar-refractivity contribution in [3.05, 3.63) is 33.8 Å². The molecule has 1 aromatic rings. The molecule has 0 radical (unpaired) electrons. The first-order valence-corrected chi connectivity index (χ1v) is 8.66. The molecule has 0 aromatic heterocycles. The summed E-state index contributed by atoms with van der Waals surface area (Å²) in [5.41, 5.74) is 0.565. The van der Waals surface area contributed by atoms with E-state index in [0.717, 1.165) is 24.9 Å². The van der Waals surface area contributed by atoms with Gasteiger partial charge >= 0.3 is 0 Å². The van der Waals surface area contributed by atoms with E-state index in [1.54, 1.807) is 20.2 Å². The third-order valence-electron chi connectivity index (χ3n) is 3.69. The Morgan fingerprint density at radius 3 is 2.54 bits per heavy atom. The molecule has 24 heavy (non-hydrogen) atoms. The van der Waals surface area contributed by atoms with E-state index >= 15 is 0 Å². The number of benzene rings is 1. The zero-order valence-electron chi connectivity index (χ0n) is 14.7.